The first-order valence-corrected chi connectivity index (χ1v) is 11.6. The van der Waals surface area contributed by atoms with Gasteiger partial charge in [0.05, 0.1) is 11.1 Å². The van der Waals surface area contributed by atoms with Gasteiger partial charge in [-0.05, 0) is 48.4 Å². The fourth-order valence-corrected chi connectivity index (χ4v) is 4.80. The molecule has 2 amide bonds. The molecule has 0 saturated heterocycles. The number of hydrogen-bond donors (Lipinski definition) is 1. The highest BCUT2D eigenvalue weighted by molar-refractivity contribution is 7.90. The average molecular weight is 464 g/mol. The number of sulfonamides is 1. The summed E-state index contributed by atoms with van der Waals surface area (Å²) in [5.74, 6) is -1.70. The van der Waals surface area contributed by atoms with E-state index in [1.807, 2.05) is 30.3 Å². The molecule has 1 heterocycles. The smallest absolute Gasteiger partial charge is 0.339 e. The molecule has 0 radical (unpaired) electrons. The summed E-state index contributed by atoms with van der Waals surface area (Å²) in [4.78, 5) is 36.7. The Labute approximate surface area is 190 Å². The molecule has 0 fully saturated rings. The lowest BCUT2D eigenvalue weighted by Gasteiger charge is -2.15. The summed E-state index contributed by atoms with van der Waals surface area (Å²) < 4.78 is 30.6. The van der Waals surface area contributed by atoms with E-state index in [1.165, 1.54) is 30.3 Å². The Kier molecular flexibility index (Phi) is 6.23. The second-order valence-electron chi connectivity index (χ2n) is 7.33. The standard InChI is InChI=1S/C24H20N2O6S/c27-22(15-10-17-6-2-1-3-7-17)25-19-13-11-18(12-14-19)24(29)32-16-26-23(28)20-8-4-5-9-21(20)33(26,30)31/h1-9,11-14H,10,15-16H2,(H,25,27). The quantitative estimate of drug-likeness (QED) is 0.538. The summed E-state index contributed by atoms with van der Waals surface area (Å²) in [5, 5.41) is 2.76. The van der Waals surface area contributed by atoms with Crippen molar-refractivity contribution in [1.82, 2.24) is 4.31 Å². The Morgan fingerprint density at radius 2 is 1.55 bits per heavy atom. The minimum absolute atomic E-state index is 0.0425. The fourth-order valence-electron chi connectivity index (χ4n) is 3.37. The largest absolute Gasteiger partial charge is 0.439 e. The number of ether oxygens (including phenoxy) is 1. The monoisotopic (exact) mass is 464 g/mol. The van der Waals surface area contributed by atoms with E-state index in [1.54, 1.807) is 18.2 Å². The number of aryl methyl sites for hydroxylation is 1. The van der Waals surface area contributed by atoms with Gasteiger partial charge in [0, 0.05) is 12.1 Å². The molecule has 0 unspecified atom stereocenters. The van der Waals surface area contributed by atoms with Gasteiger partial charge in [-0.25, -0.2) is 13.2 Å². The number of nitrogens with zero attached hydrogens (tertiary/aromatic N) is 1. The molecule has 0 bridgehead atoms. The lowest BCUT2D eigenvalue weighted by Crippen LogP contribution is -2.33. The maximum atomic E-state index is 12.5. The van der Waals surface area contributed by atoms with E-state index in [0.29, 0.717) is 22.8 Å². The Morgan fingerprint density at radius 3 is 2.24 bits per heavy atom. The van der Waals surface area contributed by atoms with Gasteiger partial charge in [-0.3, -0.25) is 9.59 Å². The van der Waals surface area contributed by atoms with Gasteiger partial charge >= 0.3 is 5.97 Å². The lowest BCUT2D eigenvalue weighted by atomic mass is 10.1. The predicted molar refractivity (Wildman–Crippen MR) is 120 cm³/mol. The number of esters is 1. The highest BCUT2D eigenvalue weighted by Gasteiger charge is 2.41. The number of hydrogen-bond acceptors (Lipinski definition) is 6. The molecule has 1 N–H and O–H groups in total. The van der Waals surface area contributed by atoms with Crippen LogP contribution in [0.4, 0.5) is 5.69 Å². The van der Waals surface area contributed by atoms with E-state index >= 15 is 0 Å². The molecule has 3 aromatic rings. The summed E-state index contributed by atoms with van der Waals surface area (Å²) >= 11 is 0. The van der Waals surface area contributed by atoms with E-state index < -0.39 is 28.6 Å². The molecule has 0 aliphatic carbocycles. The lowest BCUT2D eigenvalue weighted by molar-refractivity contribution is -0.116. The van der Waals surface area contributed by atoms with Crippen LogP contribution in [0.15, 0.2) is 83.8 Å². The molecule has 8 nitrogen and oxygen atoms in total. The Bertz CT molecular complexity index is 1300. The highest BCUT2D eigenvalue weighted by Crippen LogP contribution is 2.29. The summed E-state index contributed by atoms with van der Waals surface area (Å²) in [6.07, 6.45) is 0.924. The van der Waals surface area contributed by atoms with Gasteiger partial charge in [-0.15, -0.1) is 0 Å². The molecule has 0 atom stereocenters. The number of carbonyl (C=O) groups is 3. The van der Waals surface area contributed by atoms with Crippen LogP contribution < -0.4 is 5.32 Å². The zero-order valence-corrected chi connectivity index (χ0v) is 18.2. The molecule has 0 saturated carbocycles. The van der Waals surface area contributed by atoms with Crippen LogP contribution in [0.2, 0.25) is 0 Å². The minimum Gasteiger partial charge on any atom is -0.439 e. The Morgan fingerprint density at radius 1 is 0.879 bits per heavy atom. The molecular formula is C24H20N2O6S. The average Bonchev–Trinajstić information content (AvgIpc) is 3.02. The number of amides is 2. The number of carbonyl (C=O) groups excluding carboxylic acids is 3. The highest BCUT2D eigenvalue weighted by atomic mass is 32.2. The van der Waals surface area contributed by atoms with Gasteiger partial charge in [0.1, 0.15) is 4.90 Å². The molecular weight excluding hydrogens is 444 g/mol. The van der Waals surface area contributed by atoms with Crippen molar-refractivity contribution in [2.75, 3.05) is 12.0 Å². The van der Waals surface area contributed by atoms with Crippen molar-refractivity contribution in [2.45, 2.75) is 17.7 Å². The maximum absolute atomic E-state index is 12.5. The van der Waals surface area contributed by atoms with Crippen LogP contribution in [0.3, 0.4) is 0 Å². The third-order valence-electron chi connectivity index (χ3n) is 5.11. The van der Waals surface area contributed by atoms with Crippen molar-refractivity contribution in [3.63, 3.8) is 0 Å². The van der Waals surface area contributed by atoms with E-state index in [4.69, 9.17) is 4.74 Å². The van der Waals surface area contributed by atoms with Gasteiger partial charge in [-0.2, -0.15) is 4.31 Å². The van der Waals surface area contributed by atoms with E-state index in [2.05, 4.69) is 5.32 Å². The molecule has 4 rings (SSSR count). The SMILES string of the molecule is O=C(CCc1ccccc1)Nc1ccc(C(=O)OCN2C(=O)c3ccccc3S2(=O)=O)cc1. The molecule has 168 valence electrons. The second kappa shape index (κ2) is 9.25. The topological polar surface area (TPSA) is 110 Å². The van der Waals surface area contributed by atoms with Crippen LogP contribution in [-0.4, -0.2) is 37.2 Å². The van der Waals surface area contributed by atoms with Crippen LogP contribution in [-0.2, 0) is 26.0 Å². The van der Waals surface area contributed by atoms with Crippen LogP contribution in [0.1, 0.15) is 32.7 Å². The first-order valence-electron chi connectivity index (χ1n) is 10.1. The summed E-state index contributed by atoms with van der Waals surface area (Å²) in [6, 6.07) is 21.4. The van der Waals surface area contributed by atoms with Gasteiger partial charge < -0.3 is 10.1 Å². The van der Waals surface area contributed by atoms with E-state index in [9.17, 15) is 22.8 Å². The molecule has 3 aromatic carbocycles. The molecule has 1 aliphatic heterocycles. The zero-order chi connectivity index (χ0) is 23.4. The summed E-state index contributed by atoms with van der Waals surface area (Å²) in [5.41, 5.74) is 1.77. The third kappa shape index (κ3) is 4.78. The van der Waals surface area contributed by atoms with Gasteiger partial charge in [0.15, 0.2) is 6.73 Å². The van der Waals surface area contributed by atoms with Crippen LogP contribution >= 0.6 is 0 Å². The van der Waals surface area contributed by atoms with Crippen molar-refractivity contribution in [2.24, 2.45) is 0 Å². The Balaban J connectivity index is 1.32. The summed E-state index contributed by atoms with van der Waals surface area (Å²) in [6.45, 7) is -0.730. The minimum atomic E-state index is -4.06. The van der Waals surface area contributed by atoms with Gasteiger partial charge in [0.25, 0.3) is 15.9 Å². The number of nitrogens with one attached hydrogen (secondary N) is 1. The number of rotatable bonds is 7. The Hall–Kier alpha value is -3.98. The molecule has 0 spiro atoms. The second-order valence-corrected chi connectivity index (χ2v) is 9.16. The van der Waals surface area contributed by atoms with Crippen molar-refractivity contribution < 1.29 is 27.5 Å². The molecule has 9 heteroatoms. The van der Waals surface area contributed by atoms with E-state index in [0.717, 1.165) is 5.56 Å². The van der Waals surface area contributed by atoms with Crippen LogP contribution in [0, 0.1) is 0 Å². The van der Waals surface area contributed by atoms with E-state index in [-0.39, 0.29) is 21.9 Å². The van der Waals surface area contributed by atoms with Crippen LogP contribution in [0.5, 0.6) is 0 Å². The first-order chi connectivity index (χ1) is 15.9. The molecule has 33 heavy (non-hydrogen) atoms. The van der Waals surface area contributed by atoms with Crippen molar-refractivity contribution in [3.05, 3.63) is 95.6 Å². The number of anilines is 1. The third-order valence-corrected chi connectivity index (χ3v) is 6.88. The first kappa shape index (κ1) is 22.2. The zero-order valence-electron chi connectivity index (χ0n) is 17.4. The van der Waals surface area contributed by atoms with Crippen molar-refractivity contribution >= 4 is 33.5 Å². The number of fused-ring (bicyclic) bond motifs is 1. The maximum Gasteiger partial charge on any atom is 0.339 e. The molecule has 1 aliphatic rings. The van der Waals surface area contributed by atoms with Crippen molar-refractivity contribution in [3.8, 4) is 0 Å². The normalized spacial score (nSPS) is 13.9. The number of benzene rings is 3. The van der Waals surface area contributed by atoms with Crippen LogP contribution in [0.25, 0.3) is 0 Å². The fraction of sp³-hybridized carbons (Fsp3) is 0.125. The van der Waals surface area contributed by atoms with Gasteiger partial charge in [0.2, 0.25) is 5.91 Å². The molecule has 0 aromatic heterocycles. The van der Waals surface area contributed by atoms with Crippen molar-refractivity contribution in [1.29, 1.82) is 0 Å². The van der Waals surface area contributed by atoms with Gasteiger partial charge in [-0.1, -0.05) is 42.5 Å². The summed E-state index contributed by atoms with van der Waals surface area (Å²) in [7, 11) is -4.06. The predicted octanol–water partition coefficient (Wildman–Crippen LogP) is 3.22.